The van der Waals surface area contributed by atoms with Crippen LogP contribution in [0.3, 0.4) is 0 Å². The van der Waals surface area contributed by atoms with Gasteiger partial charge in [-0.15, -0.1) is 11.3 Å². The topological polar surface area (TPSA) is 93.3 Å². The predicted octanol–water partition coefficient (Wildman–Crippen LogP) is 2.58. The maximum atomic E-state index is 12.3. The predicted molar refractivity (Wildman–Crippen MR) is 98.5 cm³/mol. The summed E-state index contributed by atoms with van der Waals surface area (Å²) in [5, 5.41) is 7.97. The van der Waals surface area contributed by atoms with Crippen LogP contribution in [-0.4, -0.2) is 22.4 Å². The van der Waals surface area contributed by atoms with Gasteiger partial charge in [0, 0.05) is 19.0 Å². The number of hydrogen-bond acceptors (Lipinski definition) is 5. The highest BCUT2D eigenvalue weighted by molar-refractivity contribution is 7.14. The standard InChI is InChI=1S/C18H17N3O4S/c22-15(7-9-21-13-3-1-2-4-14(13)25-18(21)24)20-17-12(8-10-26-17)16(23)19-11-5-6-11/h1-4,8,10-11H,5-7,9H2,(H,19,23)(H,20,22). The van der Waals surface area contributed by atoms with E-state index in [1.807, 2.05) is 6.07 Å². The molecule has 0 saturated heterocycles. The molecule has 8 heteroatoms. The van der Waals surface area contributed by atoms with Crippen LogP contribution in [0.15, 0.2) is 44.9 Å². The first kappa shape index (κ1) is 16.6. The van der Waals surface area contributed by atoms with Crippen molar-refractivity contribution in [2.75, 3.05) is 5.32 Å². The third kappa shape index (κ3) is 3.41. The van der Waals surface area contributed by atoms with E-state index in [2.05, 4.69) is 10.6 Å². The van der Waals surface area contributed by atoms with Crippen molar-refractivity contribution in [3.63, 3.8) is 0 Å². The summed E-state index contributed by atoms with van der Waals surface area (Å²) >= 11 is 1.30. The number of rotatable bonds is 6. The Hall–Kier alpha value is -2.87. The van der Waals surface area contributed by atoms with Crippen molar-refractivity contribution in [2.45, 2.75) is 31.8 Å². The summed E-state index contributed by atoms with van der Waals surface area (Å²) in [6.07, 6.45) is 2.11. The number of nitrogens with zero attached hydrogens (tertiary/aromatic N) is 1. The number of carbonyl (C=O) groups is 2. The van der Waals surface area contributed by atoms with E-state index in [9.17, 15) is 14.4 Å². The van der Waals surface area contributed by atoms with Crippen LogP contribution in [0, 0.1) is 0 Å². The first-order valence-corrected chi connectivity index (χ1v) is 9.26. The molecule has 2 amide bonds. The second-order valence-electron chi connectivity index (χ2n) is 6.20. The van der Waals surface area contributed by atoms with Gasteiger partial charge in [0.1, 0.15) is 5.00 Å². The normalized spacial score (nSPS) is 13.7. The van der Waals surface area contributed by atoms with E-state index in [1.165, 1.54) is 15.9 Å². The van der Waals surface area contributed by atoms with Gasteiger partial charge in [0.2, 0.25) is 5.91 Å². The van der Waals surface area contributed by atoms with E-state index < -0.39 is 5.76 Å². The molecule has 4 rings (SSSR count). The van der Waals surface area contributed by atoms with Gasteiger partial charge in [-0.05, 0) is 36.4 Å². The SMILES string of the molecule is O=C(CCn1c(=O)oc2ccccc21)Nc1sccc1C(=O)NC1CC1. The number of hydrogen-bond donors (Lipinski definition) is 2. The van der Waals surface area contributed by atoms with Crippen molar-refractivity contribution in [2.24, 2.45) is 0 Å². The fourth-order valence-electron chi connectivity index (χ4n) is 2.70. The van der Waals surface area contributed by atoms with Crippen LogP contribution in [0.2, 0.25) is 0 Å². The van der Waals surface area contributed by atoms with Crippen LogP contribution >= 0.6 is 11.3 Å². The lowest BCUT2D eigenvalue weighted by molar-refractivity contribution is -0.116. The Kier molecular flexibility index (Phi) is 4.34. The summed E-state index contributed by atoms with van der Waals surface area (Å²) in [6, 6.07) is 9.04. The Morgan fingerprint density at radius 2 is 2.04 bits per heavy atom. The number of fused-ring (bicyclic) bond motifs is 1. The molecule has 1 fully saturated rings. The third-order valence-electron chi connectivity index (χ3n) is 4.21. The summed E-state index contributed by atoms with van der Waals surface area (Å²) < 4.78 is 6.59. The van der Waals surface area contributed by atoms with Gasteiger partial charge >= 0.3 is 5.76 Å². The molecule has 7 nitrogen and oxygen atoms in total. The van der Waals surface area contributed by atoms with Crippen molar-refractivity contribution in [1.82, 2.24) is 9.88 Å². The number of oxazole rings is 1. The van der Waals surface area contributed by atoms with Crippen molar-refractivity contribution in [1.29, 1.82) is 0 Å². The number of benzene rings is 1. The van der Waals surface area contributed by atoms with Gasteiger partial charge in [0.15, 0.2) is 5.58 Å². The second-order valence-corrected chi connectivity index (χ2v) is 7.11. The zero-order chi connectivity index (χ0) is 18.1. The van der Waals surface area contributed by atoms with Gasteiger partial charge in [-0.1, -0.05) is 12.1 Å². The molecule has 1 aliphatic rings. The quantitative estimate of drug-likeness (QED) is 0.696. The fourth-order valence-corrected chi connectivity index (χ4v) is 3.50. The number of nitrogens with one attached hydrogen (secondary N) is 2. The number of thiophene rings is 1. The van der Waals surface area contributed by atoms with Gasteiger partial charge < -0.3 is 15.1 Å². The molecule has 1 aromatic carbocycles. The highest BCUT2D eigenvalue weighted by Gasteiger charge is 2.25. The molecular weight excluding hydrogens is 354 g/mol. The number of aryl methyl sites for hydroxylation is 1. The van der Waals surface area contributed by atoms with Crippen molar-refractivity contribution in [3.05, 3.63) is 51.8 Å². The molecule has 1 saturated carbocycles. The van der Waals surface area contributed by atoms with Crippen LogP contribution in [-0.2, 0) is 11.3 Å². The lowest BCUT2D eigenvalue weighted by atomic mass is 10.3. The minimum absolute atomic E-state index is 0.102. The molecule has 2 heterocycles. The average molecular weight is 371 g/mol. The van der Waals surface area contributed by atoms with Crippen molar-refractivity contribution < 1.29 is 14.0 Å². The zero-order valence-corrected chi connectivity index (χ0v) is 14.7. The summed E-state index contributed by atoms with van der Waals surface area (Å²) in [7, 11) is 0. The molecule has 2 aromatic heterocycles. The Bertz CT molecular complexity index is 1030. The van der Waals surface area contributed by atoms with E-state index in [1.54, 1.807) is 29.6 Å². The molecule has 0 radical (unpaired) electrons. The van der Waals surface area contributed by atoms with Gasteiger partial charge in [0.05, 0.1) is 11.1 Å². The molecule has 0 atom stereocenters. The fraction of sp³-hybridized carbons (Fsp3) is 0.278. The smallest absolute Gasteiger partial charge is 0.408 e. The Balaban J connectivity index is 1.41. The monoisotopic (exact) mass is 371 g/mol. The Morgan fingerprint density at radius 3 is 2.85 bits per heavy atom. The maximum Gasteiger partial charge on any atom is 0.419 e. The summed E-state index contributed by atoms with van der Waals surface area (Å²) in [4.78, 5) is 36.4. The molecule has 134 valence electrons. The van der Waals surface area contributed by atoms with Crippen LogP contribution in [0.4, 0.5) is 5.00 Å². The molecule has 2 N–H and O–H groups in total. The average Bonchev–Trinajstić information content (AvgIpc) is 3.20. The zero-order valence-electron chi connectivity index (χ0n) is 13.9. The third-order valence-corrected chi connectivity index (χ3v) is 5.04. The molecule has 0 aliphatic heterocycles. The maximum absolute atomic E-state index is 12.3. The summed E-state index contributed by atoms with van der Waals surface area (Å²) in [5.41, 5.74) is 1.63. The Morgan fingerprint density at radius 1 is 1.23 bits per heavy atom. The van der Waals surface area contributed by atoms with Crippen LogP contribution in [0.5, 0.6) is 0 Å². The van der Waals surface area contributed by atoms with Crippen molar-refractivity contribution >= 4 is 39.3 Å². The minimum atomic E-state index is -0.486. The number of anilines is 1. The van der Waals surface area contributed by atoms with E-state index in [0.29, 0.717) is 21.7 Å². The van der Waals surface area contributed by atoms with Gasteiger partial charge in [-0.2, -0.15) is 0 Å². The van der Waals surface area contributed by atoms with E-state index in [-0.39, 0.29) is 30.8 Å². The summed E-state index contributed by atoms with van der Waals surface area (Å²) in [5.74, 6) is -0.911. The van der Waals surface area contributed by atoms with Gasteiger partial charge in [0.25, 0.3) is 5.91 Å². The van der Waals surface area contributed by atoms with Gasteiger partial charge in [-0.25, -0.2) is 4.79 Å². The first-order chi connectivity index (χ1) is 12.6. The number of carbonyl (C=O) groups excluding carboxylic acids is 2. The van der Waals surface area contributed by atoms with E-state index >= 15 is 0 Å². The Labute approximate surface area is 152 Å². The molecule has 1 aliphatic carbocycles. The van der Waals surface area contributed by atoms with Crippen LogP contribution in [0.25, 0.3) is 11.1 Å². The lowest BCUT2D eigenvalue weighted by Gasteiger charge is -2.07. The van der Waals surface area contributed by atoms with Crippen LogP contribution in [0.1, 0.15) is 29.6 Å². The number of aromatic nitrogens is 1. The number of para-hydroxylation sites is 2. The molecule has 0 bridgehead atoms. The first-order valence-electron chi connectivity index (χ1n) is 8.38. The van der Waals surface area contributed by atoms with Crippen LogP contribution < -0.4 is 16.4 Å². The molecular formula is C18H17N3O4S. The van der Waals surface area contributed by atoms with E-state index in [0.717, 1.165) is 12.8 Å². The molecule has 0 spiro atoms. The highest BCUT2D eigenvalue weighted by Crippen LogP contribution is 2.26. The highest BCUT2D eigenvalue weighted by atomic mass is 32.1. The summed E-state index contributed by atoms with van der Waals surface area (Å²) in [6.45, 7) is 0.205. The molecule has 3 aromatic rings. The minimum Gasteiger partial charge on any atom is -0.408 e. The van der Waals surface area contributed by atoms with Crippen molar-refractivity contribution in [3.8, 4) is 0 Å². The molecule has 26 heavy (non-hydrogen) atoms. The second kappa shape index (κ2) is 6.80. The molecule has 0 unspecified atom stereocenters. The lowest BCUT2D eigenvalue weighted by Crippen LogP contribution is -2.26. The largest absolute Gasteiger partial charge is 0.419 e. The number of amides is 2. The van der Waals surface area contributed by atoms with Gasteiger partial charge in [-0.3, -0.25) is 14.2 Å². The van der Waals surface area contributed by atoms with E-state index in [4.69, 9.17) is 4.42 Å².